The first-order valence-corrected chi connectivity index (χ1v) is 15.4. The number of rotatable bonds is 11. The minimum atomic E-state index is -4.64. The molecule has 0 radical (unpaired) electrons. The van der Waals surface area contributed by atoms with Crippen LogP contribution in [0.2, 0.25) is 0 Å². The first-order valence-electron chi connectivity index (χ1n) is 15.4. The molecule has 0 aliphatic carbocycles. The van der Waals surface area contributed by atoms with Crippen LogP contribution in [0.4, 0.5) is 26.3 Å². The number of aliphatic hydroxyl groups excluding tert-OH is 1. The molecule has 5 nitrogen and oxygen atoms in total. The van der Waals surface area contributed by atoms with E-state index >= 15 is 0 Å². The molecule has 0 fully saturated rings. The lowest BCUT2D eigenvalue weighted by molar-refractivity contribution is -0.149. The summed E-state index contributed by atoms with van der Waals surface area (Å²) in [5.41, 5.74) is 1.45. The van der Waals surface area contributed by atoms with Crippen LogP contribution < -0.4 is 5.32 Å². The molecule has 0 aliphatic rings. The summed E-state index contributed by atoms with van der Waals surface area (Å²) in [4.78, 5) is 23.3. The molecule has 0 saturated heterocycles. The zero-order valence-corrected chi connectivity index (χ0v) is 27.7. The minimum absolute atomic E-state index is 0.0241. The van der Waals surface area contributed by atoms with Gasteiger partial charge in [-0.1, -0.05) is 72.8 Å². The van der Waals surface area contributed by atoms with Crippen molar-refractivity contribution in [1.82, 2.24) is 5.32 Å². The lowest BCUT2D eigenvalue weighted by atomic mass is 9.90. The minimum Gasteiger partial charge on any atom is -0.468 e. The third-order valence-electron chi connectivity index (χ3n) is 8.50. The molecule has 0 saturated carbocycles. The van der Waals surface area contributed by atoms with Gasteiger partial charge < -0.3 is 9.84 Å². The van der Waals surface area contributed by atoms with E-state index < -0.39 is 41.6 Å². The van der Waals surface area contributed by atoms with E-state index in [0.29, 0.717) is 23.0 Å². The summed E-state index contributed by atoms with van der Waals surface area (Å²) < 4.78 is 87.7. The highest BCUT2D eigenvalue weighted by Crippen LogP contribution is 2.36. The number of benzene rings is 4. The smallest absolute Gasteiger partial charge is 0.416 e. The number of esters is 1. The number of hydrogen-bond donors (Lipinski definition) is 2. The van der Waals surface area contributed by atoms with Gasteiger partial charge in [0, 0.05) is 12.1 Å². The predicted octanol–water partition coefficient (Wildman–Crippen LogP) is 9.17. The average molecular weight is 696 g/mol. The van der Waals surface area contributed by atoms with Gasteiger partial charge in [-0.15, -0.1) is 0 Å². The number of aliphatic hydroxyl groups is 1. The van der Waals surface area contributed by atoms with Gasteiger partial charge in [0.25, 0.3) is 0 Å². The van der Waals surface area contributed by atoms with Gasteiger partial charge in [-0.2, -0.15) is 26.3 Å². The van der Waals surface area contributed by atoms with Crippen molar-refractivity contribution in [2.24, 2.45) is 0 Å². The van der Waals surface area contributed by atoms with Crippen molar-refractivity contribution in [3.05, 3.63) is 128 Å². The maximum atomic E-state index is 14.0. The van der Waals surface area contributed by atoms with Crippen molar-refractivity contribution in [1.29, 1.82) is 0 Å². The number of ether oxygens (including phenoxy) is 1. The number of aldehydes is 1. The normalized spacial score (nSPS) is 13.5. The monoisotopic (exact) mass is 695 g/mol. The van der Waals surface area contributed by atoms with Crippen molar-refractivity contribution in [3.63, 3.8) is 0 Å². The Labute approximate surface area is 285 Å². The lowest BCUT2D eigenvalue weighted by Crippen LogP contribution is -2.52. The summed E-state index contributed by atoms with van der Waals surface area (Å²) >= 11 is 0. The molecule has 0 unspecified atom stereocenters. The van der Waals surface area contributed by atoms with Gasteiger partial charge in [-0.05, 0) is 95.1 Å². The molecule has 0 heterocycles. The largest absolute Gasteiger partial charge is 0.468 e. The van der Waals surface area contributed by atoms with Gasteiger partial charge in [0.2, 0.25) is 0 Å². The van der Waals surface area contributed by atoms with E-state index in [-0.39, 0.29) is 23.2 Å². The van der Waals surface area contributed by atoms with E-state index in [2.05, 4.69) is 5.32 Å². The Morgan fingerprint density at radius 1 is 0.740 bits per heavy atom. The van der Waals surface area contributed by atoms with E-state index in [0.717, 1.165) is 40.5 Å². The quantitative estimate of drug-likeness (QED) is 0.0709. The number of carbonyl (C=O) groups is 2. The molecule has 4 aromatic carbocycles. The summed E-state index contributed by atoms with van der Waals surface area (Å²) in [6, 6.07) is 17.5. The van der Waals surface area contributed by atoms with Gasteiger partial charge in [-0.3, -0.25) is 10.1 Å². The fourth-order valence-corrected chi connectivity index (χ4v) is 5.49. The molecule has 1 atom stereocenters. The van der Waals surface area contributed by atoms with Gasteiger partial charge in [0.05, 0.1) is 24.8 Å². The molecule has 11 heteroatoms. The highest BCUT2D eigenvalue weighted by atomic mass is 19.4. The molecule has 2 N–H and O–H groups in total. The summed E-state index contributed by atoms with van der Waals surface area (Å²) in [6.45, 7) is 4.45. The van der Waals surface area contributed by atoms with Gasteiger partial charge in [0.1, 0.15) is 11.8 Å². The van der Waals surface area contributed by atoms with Crippen molar-refractivity contribution in [2.75, 3.05) is 13.7 Å². The Morgan fingerprint density at radius 3 is 1.68 bits per heavy atom. The topological polar surface area (TPSA) is 75.6 Å². The predicted molar refractivity (Wildman–Crippen MR) is 182 cm³/mol. The second kappa shape index (κ2) is 15.3. The molecule has 262 valence electrons. The molecule has 4 aromatic rings. The van der Waals surface area contributed by atoms with Crippen LogP contribution in [0.5, 0.6) is 0 Å². The van der Waals surface area contributed by atoms with Gasteiger partial charge in [-0.25, -0.2) is 4.79 Å². The molecular weight excluding hydrogens is 660 g/mol. The van der Waals surface area contributed by atoms with E-state index in [1.807, 2.05) is 26.0 Å². The first kappa shape index (κ1) is 37.8. The van der Waals surface area contributed by atoms with E-state index in [4.69, 9.17) is 4.74 Å². The van der Waals surface area contributed by atoms with Crippen LogP contribution in [0.15, 0.2) is 72.8 Å². The number of carbonyl (C=O) groups excluding carboxylic acids is 2. The Morgan fingerprint density at radius 2 is 1.22 bits per heavy atom. The highest BCUT2D eigenvalue weighted by molar-refractivity contribution is 5.84. The number of hydrogen-bond acceptors (Lipinski definition) is 5. The second-order valence-electron chi connectivity index (χ2n) is 11.9. The summed E-state index contributed by atoms with van der Waals surface area (Å²) in [6.07, 6.45) is -2.98. The summed E-state index contributed by atoms with van der Waals surface area (Å²) in [5, 5.41) is 12.5. The Kier molecular flexibility index (Phi) is 11.5. The third kappa shape index (κ3) is 8.58. The summed E-state index contributed by atoms with van der Waals surface area (Å²) in [5.74, 6) is -0.723. The second-order valence-corrected chi connectivity index (χ2v) is 11.9. The van der Waals surface area contributed by atoms with E-state index in [9.17, 15) is 41.0 Å². The lowest BCUT2D eigenvalue weighted by Gasteiger charge is -2.26. The molecule has 0 bridgehead atoms. The van der Waals surface area contributed by atoms with Crippen LogP contribution in [0.1, 0.15) is 67.4 Å². The van der Waals surface area contributed by atoms with Crippen LogP contribution in [0, 0.1) is 13.8 Å². The number of halogens is 6. The Hall–Kier alpha value is -5.00. The van der Waals surface area contributed by atoms with Crippen LogP contribution in [0.3, 0.4) is 0 Å². The Balaban J connectivity index is 1.69. The maximum absolute atomic E-state index is 14.0. The molecule has 0 aromatic heterocycles. The summed E-state index contributed by atoms with van der Waals surface area (Å²) in [7, 11) is 1.17. The van der Waals surface area contributed by atoms with E-state index in [1.54, 1.807) is 36.4 Å². The molecule has 4 rings (SSSR count). The molecule has 50 heavy (non-hydrogen) atoms. The highest BCUT2D eigenvalue weighted by Gasteiger charge is 2.35. The fourth-order valence-electron chi connectivity index (χ4n) is 5.49. The van der Waals surface area contributed by atoms with Crippen molar-refractivity contribution in [3.8, 4) is 11.1 Å². The number of nitrogens with one attached hydrogen (secondary N) is 1. The molecule has 0 amide bonds. The van der Waals surface area contributed by atoms with Crippen LogP contribution in [0.25, 0.3) is 35.4 Å². The maximum Gasteiger partial charge on any atom is 0.416 e. The van der Waals surface area contributed by atoms with Crippen LogP contribution in [-0.4, -0.2) is 36.6 Å². The standard InChI is InChI=1S/C39H35F6NO4/c1-24-28(13-15-30-19-26(11-17-34(30)38(40,41)42)21-46-37(3,23-48)36(49)50-4)7-5-9-32(24)33-10-6-8-29(25(33)2)14-16-31-20-27(22-47)12-18-35(31)39(43,44)45/h5-20,22,46,48H,21,23H2,1-4H3/b15-13+,16-14+/t37-/m0/s1. The van der Waals surface area contributed by atoms with Crippen molar-refractivity contribution < 1.29 is 45.8 Å². The van der Waals surface area contributed by atoms with Crippen LogP contribution in [-0.2, 0) is 28.4 Å². The third-order valence-corrected chi connectivity index (χ3v) is 8.50. The zero-order valence-electron chi connectivity index (χ0n) is 27.7. The zero-order chi connectivity index (χ0) is 36.9. The SMILES string of the molecule is COC(=O)[C@](C)(CO)NCc1ccc(C(F)(F)F)c(/C=C/c2cccc(-c3cccc(/C=C/c4cc(C=O)ccc4C(F)(F)F)c3C)c2C)c1. The number of alkyl halides is 6. The number of methoxy groups -OCH3 is 1. The molecule has 0 spiro atoms. The van der Waals surface area contributed by atoms with Gasteiger partial charge >= 0.3 is 18.3 Å². The van der Waals surface area contributed by atoms with Crippen molar-refractivity contribution in [2.45, 2.75) is 45.2 Å². The molecule has 0 aliphatic heterocycles. The fraction of sp³-hybridized carbons (Fsp3) is 0.231. The Bertz CT molecular complexity index is 1940. The molecular formula is C39H35F6NO4. The average Bonchev–Trinajstić information content (AvgIpc) is 3.08. The van der Waals surface area contributed by atoms with Crippen molar-refractivity contribution >= 4 is 36.6 Å². The first-order chi connectivity index (χ1) is 23.5. The van der Waals surface area contributed by atoms with Crippen LogP contribution >= 0.6 is 0 Å². The van der Waals surface area contributed by atoms with Gasteiger partial charge in [0.15, 0.2) is 0 Å². The van der Waals surface area contributed by atoms with E-state index in [1.165, 1.54) is 44.4 Å².